The molecular formula is C13H9ClFNO2S. The van der Waals surface area contributed by atoms with Gasteiger partial charge in [-0.15, -0.1) is 11.8 Å². The van der Waals surface area contributed by atoms with E-state index < -0.39 is 11.8 Å². The van der Waals surface area contributed by atoms with E-state index in [1.54, 1.807) is 12.1 Å². The molecule has 0 spiro atoms. The van der Waals surface area contributed by atoms with Gasteiger partial charge >= 0.3 is 5.97 Å². The molecule has 1 aromatic heterocycles. The molecular weight excluding hydrogens is 289 g/mol. The maximum Gasteiger partial charge on any atom is 0.335 e. The molecule has 0 aliphatic rings. The first kappa shape index (κ1) is 13.8. The van der Waals surface area contributed by atoms with E-state index in [-0.39, 0.29) is 5.56 Å². The van der Waals surface area contributed by atoms with Crippen molar-refractivity contribution in [3.8, 4) is 0 Å². The van der Waals surface area contributed by atoms with E-state index in [4.69, 9.17) is 16.7 Å². The number of hydrogen-bond acceptors (Lipinski definition) is 3. The average molecular weight is 298 g/mol. The fraction of sp³-hybridized carbons (Fsp3) is 0.0769. The van der Waals surface area contributed by atoms with Crippen LogP contribution < -0.4 is 0 Å². The van der Waals surface area contributed by atoms with E-state index in [0.717, 1.165) is 6.07 Å². The van der Waals surface area contributed by atoms with Crippen molar-refractivity contribution in [3.63, 3.8) is 0 Å². The van der Waals surface area contributed by atoms with Crippen molar-refractivity contribution in [1.82, 2.24) is 4.98 Å². The van der Waals surface area contributed by atoms with E-state index in [0.29, 0.717) is 21.4 Å². The Hall–Kier alpha value is -1.59. The zero-order valence-electron chi connectivity index (χ0n) is 9.64. The lowest BCUT2D eigenvalue weighted by Gasteiger charge is -2.04. The monoisotopic (exact) mass is 297 g/mol. The predicted molar refractivity (Wildman–Crippen MR) is 72.2 cm³/mol. The number of aromatic carboxylic acids is 1. The van der Waals surface area contributed by atoms with Crippen LogP contribution in [0.3, 0.4) is 0 Å². The lowest BCUT2D eigenvalue weighted by molar-refractivity contribution is 0.0696. The van der Waals surface area contributed by atoms with Crippen LogP contribution in [0.25, 0.3) is 0 Å². The molecule has 0 fully saturated rings. The number of carboxylic acid groups (broad SMARTS) is 1. The minimum atomic E-state index is -1.07. The first-order valence-corrected chi connectivity index (χ1v) is 6.68. The molecule has 3 nitrogen and oxygen atoms in total. The Kier molecular flexibility index (Phi) is 4.39. The molecule has 0 saturated heterocycles. The third kappa shape index (κ3) is 3.68. The number of pyridine rings is 1. The Morgan fingerprint density at radius 1 is 1.37 bits per heavy atom. The van der Waals surface area contributed by atoms with Gasteiger partial charge in [0.1, 0.15) is 5.82 Å². The molecule has 0 aliphatic carbocycles. The zero-order chi connectivity index (χ0) is 13.8. The summed E-state index contributed by atoms with van der Waals surface area (Å²) < 4.78 is 13.6. The second kappa shape index (κ2) is 6.04. The summed E-state index contributed by atoms with van der Waals surface area (Å²) in [6.45, 7) is 0. The first-order chi connectivity index (χ1) is 9.06. The van der Waals surface area contributed by atoms with Crippen molar-refractivity contribution >= 4 is 29.3 Å². The molecule has 0 radical (unpaired) electrons. The zero-order valence-corrected chi connectivity index (χ0v) is 11.2. The summed E-state index contributed by atoms with van der Waals surface area (Å²) in [4.78, 5) is 14.9. The molecule has 2 rings (SSSR count). The van der Waals surface area contributed by atoms with Crippen LogP contribution in [-0.2, 0) is 5.75 Å². The van der Waals surface area contributed by atoms with Crippen LogP contribution in [0.15, 0.2) is 41.6 Å². The Morgan fingerprint density at radius 3 is 2.79 bits per heavy atom. The van der Waals surface area contributed by atoms with Crippen molar-refractivity contribution in [2.45, 2.75) is 10.8 Å². The second-order valence-electron chi connectivity index (χ2n) is 3.71. The highest BCUT2D eigenvalue weighted by molar-refractivity contribution is 7.98. The fourth-order valence-corrected chi connectivity index (χ4v) is 2.35. The summed E-state index contributed by atoms with van der Waals surface area (Å²) in [5, 5.41) is 10.1. The molecule has 2 aromatic rings. The van der Waals surface area contributed by atoms with Gasteiger partial charge in [0.15, 0.2) is 0 Å². The third-order valence-electron chi connectivity index (χ3n) is 2.37. The molecule has 98 valence electrons. The molecule has 0 aliphatic heterocycles. The normalized spacial score (nSPS) is 10.4. The molecule has 0 saturated carbocycles. The molecule has 0 atom stereocenters. The lowest BCUT2D eigenvalue weighted by atomic mass is 10.1. The van der Waals surface area contributed by atoms with Crippen molar-refractivity contribution in [3.05, 3.63) is 58.5 Å². The Morgan fingerprint density at radius 2 is 2.16 bits per heavy atom. The Labute approximate surface area is 118 Å². The van der Waals surface area contributed by atoms with Crippen LogP contribution >= 0.6 is 23.4 Å². The number of carbonyl (C=O) groups is 1. The number of thioether (sulfide) groups is 1. The number of carboxylic acids is 1. The summed E-state index contributed by atoms with van der Waals surface area (Å²) in [7, 11) is 0. The van der Waals surface area contributed by atoms with Gasteiger partial charge in [-0.05, 0) is 35.9 Å². The van der Waals surface area contributed by atoms with Crippen LogP contribution in [-0.4, -0.2) is 16.1 Å². The molecule has 1 heterocycles. The fourth-order valence-electron chi connectivity index (χ4n) is 1.42. The summed E-state index contributed by atoms with van der Waals surface area (Å²) in [5.74, 6) is -1.19. The van der Waals surface area contributed by atoms with Gasteiger partial charge < -0.3 is 5.11 Å². The predicted octanol–water partition coefficient (Wildman–Crippen LogP) is 3.86. The quantitative estimate of drug-likeness (QED) is 0.871. The Bertz CT molecular complexity index is 604. The van der Waals surface area contributed by atoms with Gasteiger partial charge in [-0.25, -0.2) is 14.2 Å². The van der Waals surface area contributed by atoms with Gasteiger partial charge in [0, 0.05) is 11.9 Å². The van der Waals surface area contributed by atoms with Crippen LogP contribution in [0.1, 0.15) is 15.9 Å². The van der Waals surface area contributed by atoms with Crippen molar-refractivity contribution < 1.29 is 14.3 Å². The first-order valence-electron chi connectivity index (χ1n) is 5.32. The van der Waals surface area contributed by atoms with Crippen molar-refractivity contribution in [1.29, 1.82) is 0 Å². The second-order valence-corrected chi connectivity index (χ2v) is 5.15. The number of halogens is 2. The Balaban J connectivity index is 2.12. The number of benzene rings is 1. The van der Waals surface area contributed by atoms with E-state index in [9.17, 15) is 9.18 Å². The summed E-state index contributed by atoms with van der Waals surface area (Å²) in [5.41, 5.74) is 0.405. The number of hydrogen-bond donors (Lipinski definition) is 1. The summed E-state index contributed by atoms with van der Waals surface area (Å²) >= 11 is 7.03. The number of aromatic nitrogens is 1. The smallest absolute Gasteiger partial charge is 0.335 e. The molecule has 6 heteroatoms. The number of rotatable bonds is 4. The van der Waals surface area contributed by atoms with E-state index in [1.165, 1.54) is 30.1 Å². The SMILES string of the molecule is O=C(O)c1ccc(F)c(CSc2ccc(Cl)cn2)c1. The topological polar surface area (TPSA) is 50.2 Å². The van der Waals surface area contributed by atoms with Crippen LogP contribution in [0.4, 0.5) is 4.39 Å². The molecule has 19 heavy (non-hydrogen) atoms. The van der Waals surface area contributed by atoms with Crippen molar-refractivity contribution in [2.24, 2.45) is 0 Å². The summed E-state index contributed by atoms with van der Waals surface area (Å²) in [6.07, 6.45) is 1.51. The van der Waals surface area contributed by atoms with Crippen molar-refractivity contribution in [2.75, 3.05) is 0 Å². The van der Waals surface area contributed by atoms with E-state index in [2.05, 4.69) is 4.98 Å². The standard InChI is InChI=1S/C13H9ClFNO2S/c14-10-2-4-12(16-6-10)19-7-9-5-8(13(17)18)1-3-11(9)15/h1-6H,7H2,(H,17,18). The minimum Gasteiger partial charge on any atom is -0.478 e. The highest BCUT2D eigenvalue weighted by atomic mass is 35.5. The average Bonchev–Trinajstić information content (AvgIpc) is 2.39. The van der Waals surface area contributed by atoms with Crippen LogP contribution in [0, 0.1) is 5.82 Å². The maximum atomic E-state index is 13.6. The van der Waals surface area contributed by atoms with Gasteiger partial charge in [-0.3, -0.25) is 0 Å². The number of nitrogens with zero attached hydrogens (tertiary/aromatic N) is 1. The van der Waals surface area contributed by atoms with Crippen LogP contribution in [0.5, 0.6) is 0 Å². The molecule has 0 amide bonds. The van der Waals surface area contributed by atoms with Gasteiger partial charge in [0.05, 0.1) is 15.6 Å². The summed E-state index contributed by atoms with van der Waals surface area (Å²) in [6, 6.07) is 7.16. The minimum absolute atomic E-state index is 0.0704. The third-order valence-corrected chi connectivity index (χ3v) is 3.58. The molecule has 0 unspecified atom stereocenters. The molecule has 1 N–H and O–H groups in total. The maximum absolute atomic E-state index is 13.6. The van der Waals surface area contributed by atoms with Gasteiger partial charge in [-0.2, -0.15) is 0 Å². The van der Waals surface area contributed by atoms with Gasteiger partial charge in [0.25, 0.3) is 0 Å². The molecule has 1 aromatic carbocycles. The van der Waals surface area contributed by atoms with Crippen LogP contribution in [0.2, 0.25) is 5.02 Å². The van der Waals surface area contributed by atoms with E-state index >= 15 is 0 Å². The lowest BCUT2D eigenvalue weighted by Crippen LogP contribution is -1.99. The highest BCUT2D eigenvalue weighted by Gasteiger charge is 2.09. The van der Waals surface area contributed by atoms with E-state index in [1.807, 2.05) is 0 Å². The molecule has 0 bridgehead atoms. The highest BCUT2D eigenvalue weighted by Crippen LogP contribution is 2.24. The largest absolute Gasteiger partial charge is 0.478 e. The van der Waals surface area contributed by atoms with Gasteiger partial charge in [-0.1, -0.05) is 11.6 Å². The van der Waals surface area contributed by atoms with Gasteiger partial charge in [0.2, 0.25) is 0 Å².